The van der Waals surface area contributed by atoms with Gasteiger partial charge in [-0.05, 0) is 37.1 Å². The summed E-state index contributed by atoms with van der Waals surface area (Å²) in [5.41, 5.74) is 2.32. The molecule has 0 atom stereocenters. The average Bonchev–Trinajstić information content (AvgIpc) is 3.56. The lowest BCUT2D eigenvalue weighted by molar-refractivity contribution is -0.119. The molecule has 0 N–H and O–H groups in total. The Kier molecular flexibility index (Phi) is 7.20. The molecule has 0 radical (unpaired) electrons. The van der Waals surface area contributed by atoms with Gasteiger partial charge < -0.3 is 4.57 Å². The SMILES string of the molecule is Cc1ccc(Cl)c2sc(N(CCCn3ccnc3)C(=O)CN3C(=O)c4ccccc4C3=O)nc12.Cl. The van der Waals surface area contributed by atoms with Crippen LogP contribution < -0.4 is 4.90 Å². The third-order valence-corrected chi connectivity index (χ3v) is 7.29. The van der Waals surface area contributed by atoms with Gasteiger partial charge in [0.05, 0.1) is 32.7 Å². The van der Waals surface area contributed by atoms with E-state index in [-0.39, 0.29) is 24.9 Å². The summed E-state index contributed by atoms with van der Waals surface area (Å²) in [7, 11) is 0. The van der Waals surface area contributed by atoms with Crippen molar-refractivity contribution in [2.45, 2.75) is 19.9 Å². The van der Waals surface area contributed by atoms with Crippen molar-refractivity contribution in [1.82, 2.24) is 19.4 Å². The van der Waals surface area contributed by atoms with Crippen LogP contribution in [0.25, 0.3) is 10.2 Å². The zero-order valence-corrected chi connectivity index (χ0v) is 21.1. The molecule has 3 heterocycles. The third kappa shape index (κ3) is 4.67. The van der Waals surface area contributed by atoms with Crippen molar-refractivity contribution in [1.29, 1.82) is 0 Å². The summed E-state index contributed by atoms with van der Waals surface area (Å²) in [5, 5.41) is 1.05. The lowest BCUT2D eigenvalue weighted by Gasteiger charge is -2.22. The molecule has 2 aromatic heterocycles. The van der Waals surface area contributed by atoms with Crippen LogP contribution in [0.15, 0.2) is 55.1 Å². The smallest absolute Gasteiger partial charge is 0.262 e. The molecule has 0 spiro atoms. The van der Waals surface area contributed by atoms with Crippen molar-refractivity contribution in [3.8, 4) is 0 Å². The third-order valence-electron chi connectivity index (χ3n) is 5.75. The maximum absolute atomic E-state index is 13.5. The first kappa shape index (κ1) is 24.8. The van der Waals surface area contributed by atoms with Gasteiger partial charge in [-0.3, -0.25) is 24.2 Å². The van der Waals surface area contributed by atoms with Gasteiger partial charge in [0, 0.05) is 25.5 Å². The summed E-state index contributed by atoms with van der Waals surface area (Å²) in [6.07, 6.45) is 5.90. The van der Waals surface area contributed by atoms with Crippen molar-refractivity contribution in [2.24, 2.45) is 0 Å². The van der Waals surface area contributed by atoms with E-state index in [4.69, 9.17) is 16.6 Å². The number of aryl methyl sites for hydroxylation is 2. The fourth-order valence-corrected chi connectivity index (χ4v) is 5.33. The number of anilines is 1. The molecule has 0 saturated carbocycles. The predicted octanol–water partition coefficient (Wildman–Crippen LogP) is 4.60. The fraction of sp³-hybridized carbons (Fsp3) is 0.208. The van der Waals surface area contributed by atoms with Gasteiger partial charge in [0.1, 0.15) is 6.54 Å². The summed E-state index contributed by atoms with van der Waals surface area (Å²) in [5.74, 6) is -1.31. The Bertz CT molecular complexity index is 1350. The highest BCUT2D eigenvalue weighted by Gasteiger charge is 2.37. The van der Waals surface area contributed by atoms with E-state index >= 15 is 0 Å². The van der Waals surface area contributed by atoms with Gasteiger partial charge in [0.2, 0.25) is 5.91 Å². The number of nitrogens with zero attached hydrogens (tertiary/aromatic N) is 5. The maximum Gasteiger partial charge on any atom is 0.262 e. The van der Waals surface area contributed by atoms with E-state index in [0.717, 1.165) is 20.7 Å². The van der Waals surface area contributed by atoms with Gasteiger partial charge in [-0.15, -0.1) is 12.4 Å². The molecule has 4 aromatic rings. The predicted molar refractivity (Wildman–Crippen MR) is 138 cm³/mol. The Morgan fingerprint density at radius 1 is 1.11 bits per heavy atom. The molecule has 1 aliphatic rings. The molecule has 0 bridgehead atoms. The summed E-state index contributed by atoms with van der Waals surface area (Å²) < 4.78 is 2.72. The molecule has 3 amide bonds. The number of carbonyl (C=O) groups is 3. The van der Waals surface area contributed by atoms with Crippen LogP contribution in [0.1, 0.15) is 32.7 Å². The number of hydrogen-bond acceptors (Lipinski definition) is 6. The van der Waals surface area contributed by atoms with E-state index in [2.05, 4.69) is 4.98 Å². The minimum atomic E-state index is -0.462. The zero-order chi connectivity index (χ0) is 23.8. The second-order valence-electron chi connectivity index (χ2n) is 7.98. The van der Waals surface area contributed by atoms with E-state index in [1.165, 1.54) is 11.3 Å². The van der Waals surface area contributed by atoms with Crippen molar-refractivity contribution >= 4 is 68.4 Å². The molecule has 1 aliphatic heterocycles. The second kappa shape index (κ2) is 10.2. The molecule has 35 heavy (non-hydrogen) atoms. The number of imidazole rings is 1. The number of hydrogen-bond donors (Lipinski definition) is 0. The molecule has 11 heteroatoms. The first-order valence-electron chi connectivity index (χ1n) is 10.7. The molecule has 0 aliphatic carbocycles. The van der Waals surface area contributed by atoms with Crippen LogP contribution in [0.5, 0.6) is 0 Å². The largest absolute Gasteiger partial charge is 0.337 e. The number of halogens is 2. The van der Waals surface area contributed by atoms with Crippen LogP contribution in [-0.4, -0.2) is 50.2 Å². The lowest BCUT2D eigenvalue weighted by Crippen LogP contribution is -2.43. The number of amides is 3. The van der Waals surface area contributed by atoms with Crippen molar-refractivity contribution in [2.75, 3.05) is 18.0 Å². The number of rotatable bonds is 7. The number of imide groups is 1. The molecule has 2 aromatic carbocycles. The minimum Gasteiger partial charge on any atom is -0.337 e. The van der Waals surface area contributed by atoms with E-state index in [1.807, 2.05) is 29.8 Å². The molecular formula is C24H21Cl2N5O3S. The van der Waals surface area contributed by atoms with Gasteiger partial charge in [-0.1, -0.05) is 41.1 Å². The standard InChI is InChI=1S/C24H20ClN5O3S.ClH/c1-15-7-8-18(25)21-20(15)27-24(34-21)29(11-4-10-28-12-9-26-14-28)19(31)13-30-22(32)16-5-2-3-6-17(16)23(30)33;/h2-3,5-9,12,14H,4,10-11,13H2,1H3;1H. The highest BCUT2D eigenvalue weighted by atomic mass is 35.5. The Hall–Kier alpha value is -3.27. The molecular weight excluding hydrogens is 509 g/mol. The highest BCUT2D eigenvalue weighted by molar-refractivity contribution is 7.23. The molecule has 0 unspecified atom stereocenters. The van der Waals surface area contributed by atoms with E-state index < -0.39 is 11.8 Å². The van der Waals surface area contributed by atoms with Crippen molar-refractivity contribution < 1.29 is 14.4 Å². The molecule has 8 nitrogen and oxygen atoms in total. The first-order chi connectivity index (χ1) is 16.4. The lowest BCUT2D eigenvalue weighted by atomic mass is 10.1. The maximum atomic E-state index is 13.5. The Balaban J connectivity index is 0.00000289. The van der Waals surface area contributed by atoms with Gasteiger partial charge >= 0.3 is 0 Å². The molecule has 0 fully saturated rings. The molecule has 5 rings (SSSR count). The first-order valence-corrected chi connectivity index (χ1v) is 11.9. The van der Waals surface area contributed by atoms with Crippen LogP contribution in [0.3, 0.4) is 0 Å². The highest BCUT2D eigenvalue weighted by Crippen LogP contribution is 2.36. The van der Waals surface area contributed by atoms with Crippen LogP contribution in [0, 0.1) is 6.92 Å². The second-order valence-corrected chi connectivity index (χ2v) is 9.36. The van der Waals surface area contributed by atoms with Gasteiger partial charge in [0.15, 0.2) is 5.13 Å². The average molecular weight is 530 g/mol. The van der Waals surface area contributed by atoms with Crippen LogP contribution in [-0.2, 0) is 11.3 Å². The number of thiazole rings is 1. The quantitative estimate of drug-likeness (QED) is 0.326. The van der Waals surface area contributed by atoms with Crippen LogP contribution in [0.2, 0.25) is 5.02 Å². The molecule has 180 valence electrons. The van der Waals surface area contributed by atoms with Gasteiger partial charge in [-0.25, -0.2) is 9.97 Å². The topological polar surface area (TPSA) is 88.4 Å². The number of benzene rings is 2. The normalized spacial score (nSPS) is 12.7. The monoisotopic (exact) mass is 529 g/mol. The summed E-state index contributed by atoms with van der Waals surface area (Å²) in [6.45, 7) is 2.59. The van der Waals surface area contributed by atoms with E-state index in [1.54, 1.807) is 41.7 Å². The minimum absolute atomic E-state index is 0. The zero-order valence-electron chi connectivity index (χ0n) is 18.7. The Morgan fingerprint density at radius 3 is 2.46 bits per heavy atom. The van der Waals surface area contributed by atoms with E-state index in [0.29, 0.717) is 40.8 Å². The summed E-state index contributed by atoms with van der Waals surface area (Å²) in [4.78, 5) is 50.3. The van der Waals surface area contributed by atoms with Gasteiger partial charge in [0.25, 0.3) is 11.8 Å². The Morgan fingerprint density at radius 2 is 1.83 bits per heavy atom. The van der Waals surface area contributed by atoms with Crippen molar-refractivity contribution in [3.05, 3.63) is 76.8 Å². The van der Waals surface area contributed by atoms with Gasteiger partial charge in [-0.2, -0.15) is 0 Å². The Labute approximate surface area is 216 Å². The fourth-order valence-electron chi connectivity index (χ4n) is 3.97. The number of fused-ring (bicyclic) bond motifs is 2. The van der Waals surface area contributed by atoms with E-state index in [9.17, 15) is 14.4 Å². The van der Waals surface area contributed by atoms with Crippen molar-refractivity contribution in [3.63, 3.8) is 0 Å². The molecule has 0 saturated heterocycles. The number of carbonyl (C=O) groups excluding carboxylic acids is 3. The summed E-state index contributed by atoms with van der Waals surface area (Å²) >= 11 is 7.71. The van der Waals surface area contributed by atoms with Crippen LogP contribution in [0.4, 0.5) is 5.13 Å². The number of aromatic nitrogens is 3. The summed E-state index contributed by atoms with van der Waals surface area (Å²) in [6, 6.07) is 10.3. The van der Waals surface area contributed by atoms with Crippen LogP contribution >= 0.6 is 35.3 Å².